The van der Waals surface area contributed by atoms with Crippen LogP contribution in [0.15, 0.2) is 36.4 Å². The maximum Gasteiger partial charge on any atom is 0.0574 e. The molecule has 0 radical (unpaired) electrons. The minimum Gasteiger partial charge on any atom is -0.309 e. The van der Waals surface area contributed by atoms with Crippen molar-refractivity contribution in [2.75, 3.05) is 7.05 Å². The zero-order valence-corrected chi connectivity index (χ0v) is 12.8. The van der Waals surface area contributed by atoms with Crippen LogP contribution in [-0.2, 0) is 12.8 Å². The molecule has 2 aromatic rings. The molecule has 2 aromatic carbocycles. The molecule has 0 amide bonds. The summed E-state index contributed by atoms with van der Waals surface area (Å²) in [6.07, 6.45) is 3.75. The summed E-state index contributed by atoms with van der Waals surface area (Å²) < 4.78 is 0. The number of hydrogen-bond acceptors (Lipinski definition) is 1. The molecule has 0 saturated carbocycles. The van der Waals surface area contributed by atoms with Crippen LogP contribution >= 0.6 is 11.6 Å². The summed E-state index contributed by atoms with van der Waals surface area (Å²) in [6, 6.07) is 13.4. The lowest BCUT2D eigenvalue weighted by Crippen LogP contribution is -2.18. The van der Waals surface area contributed by atoms with Crippen LogP contribution in [0.5, 0.6) is 0 Å². The second-order valence-electron chi connectivity index (χ2n) is 5.61. The molecule has 0 spiro atoms. The molecule has 1 unspecified atom stereocenters. The topological polar surface area (TPSA) is 12.0 Å². The van der Waals surface area contributed by atoms with Crippen LogP contribution in [0.2, 0.25) is 5.02 Å². The first-order valence-electron chi connectivity index (χ1n) is 7.24. The average molecular weight is 286 g/mol. The zero-order chi connectivity index (χ0) is 14.1. The van der Waals surface area contributed by atoms with Gasteiger partial charge < -0.3 is 5.32 Å². The number of rotatable bonds is 3. The van der Waals surface area contributed by atoms with Gasteiger partial charge in [-0.3, -0.25) is 0 Å². The molecular weight excluding hydrogens is 266 g/mol. The summed E-state index contributed by atoms with van der Waals surface area (Å²) in [7, 11) is 2.02. The van der Waals surface area contributed by atoms with Gasteiger partial charge >= 0.3 is 0 Å². The third-order valence-corrected chi connectivity index (χ3v) is 4.68. The van der Waals surface area contributed by atoms with E-state index in [4.69, 9.17) is 11.6 Å². The number of nitrogens with one attached hydrogen (secondary N) is 1. The van der Waals surface area contributed by atoms with Crippen molar-refractivity contribution in [3.05, 3.63) is 69.2 Å². The van der Waals surface area contributed by atoms with Crippen molar-refractivity contribution < 1.29 is 0 Å². The third-order valence-electron chi connectivity index (χ3n) is 4.26. The van der Waals surface area contributed by atoms with Crippen molar-refractivity contribution in [2.45, 2.75) is 32.2 Å². The summed E-state index contributed by atoms with van der Waals surface area (Å²) in [5.74, 6) is 0. The van der Waals surface area contributed by atoms with E-state index in [2.05, 4.69) is 42.6 Å². The largest absolute Gasteiger partial charge is 0.309 e. The van der Waals surface area contributed by atoms with Crippen LogP contribution in [0.4, 0.5) is 0 Å². The number of benzene rings is 2. The Bertz CT molecular complexity index is 633. The fourth-order valence-electron chi connectivity index (χ4n) is 3.14. The van der Waals surface area contributed by atoms with Crippen LogP contribution in [0.25, 0.3) is 0 Å². The first-order valence-corrected chi connectivity index (χ1v) is 7.62. The van der Waals surface area contributed by atoms with Gasteiger partial charge in [0.15, 0.2) is 0 Å². The highest BCUT2D eigenvalue weighted by atomic mass is 35.5. The van der Waals surface area contributed by atoms with E-state index in [1.54, 1.807) is 0 Å². The van der Waals surface area contributed by atoms with Gasteiger partial charge in [0.05, 0.1) is 6.04 Å². The average Bonchev–Trinajstić information content (AvgIpc) is 2.91. The fourth-order valence-corrected chi connectivity index (χ4v) is 3.26. The Morgan fingerprint density at radius 2 is 1.70 bits per heavy atom. The fraction of sp³-hybridized carbons (Fsp3) is 0.333. The molecule has 3 rings (SSSR count). The molecule has 1 N–H and O–H groups in total. The highest BCUT2D eigenvalue weighted by Gasteiger charge is 2.16. The van der Waals surface area contributed by atoms with Gasteiger partial charge in [0.2, 0.25) is 0 Å². The lowest BCUT2D eigenvalue weighted by molar-refractivity contribution is 0.690. The van der Waals surface area contributed by atoms with Crippen molar-refractivity contribution in [3.8, 4) is 0 Å². The molecule has 1 aliphatic rings. The molecule has 0 saturated heterocycles. The number of fused-ring (bicyclic) bond motifs is 1. The molecule has 1 atom stereocenters. The van der Waals surface area contributed by atoms with E-state index in [0.717, 1.165) is 10.6 Å². The molecule has 0 bridgehead atoms. The van der Waals surface area contributed by atoms with E-state index < -0.39 is 0 Å². The van der Waals surface area contributed by atoms with Gasteiger partial charge in [-0.2, -0.15) is 0 Å². The van der Waals surface area contributed by atoms with E-state index in [0.29, 0.717) is 0 Å². The molecular formula is C18H20ClN. The Hall–Kier alpha value is -1.31. The molecule has 0 heterocycles. The monoisotopic (exact) mass is 285 g/mol. The zero-order valence-electron chi connectivity index (χ0n) is 12.0. The van der Waals surface area contributed by atoms with E-state index in [-0.39, 0.29) is 6.04 Å². The quantitative estimate of drug-likeness (QED) is 0.879. The summed E-state index contributed by atoms with van der Waals surface area (Å²) in [5, 5.41) is 4.26. The van der Waals surface area contributed by atoms with Crippen molar-refractivity contribution in [1.29, 1.82) is 0 Å². The lowest BCUT2D eigenvalue weighted by atomic mass is 9.95. The first-order chi connectivity index (χ1) is 9.69. The van der Waals surface area contributed by atoms with Gasteiger partial charge in [0.25, 0.3) is 0 Å². The van der Waals surface area contributed by atoms with Gasteiger partial charge in [-0.05, 0) is 67.1 Å². The normalized spacial score (nSPS) is 15.2. The highest BCUT2D eigenvalue weighted by molar-refractivity contribution is 6.31. The maximum atomic E-state index is 6.13. The number of aryl methyl sites for hydroxylation is 3. The van der Waals surface area contributed by atoms with Crippen LogP contribution in [0.1, 0.15) is 40.3 Å². The van der Waals surface area contributed by atoms with E-state index in [1.807, 2.05) is 13.1 Å². The second kappa shape index (κ2) is 5.59. The molecule has 0 aliphatic heterocycles. The predicted molar refractivity (Wildman–Crippen MR) is 85.6 cm³/mol. The van der Waals surface area contributed by atoms with E-state index in [9.17, 15) is 0 Å². The minimum absolute atomic E-state index is 0.233. The summed E-state index contributed by atoms with van der Waals surface area (Å²) in [6.45, 7) is 2.06. The molecule has 1 aliphatic carbocycles. The Morgan fingerprint density at radius 3 is 2.45 bits per heavy atom. The number of hydrogen-bond donors (Lipinski definition) is 1. The van der Waals surface area contributed by atoms with Crippen LogP contribution in [0, 0.1) is 6.92 Å². The standard InChI is InChI=1S/C18H20ClN/c1-12-10-15(8-9-17(12)19)18(20-2)16-7-6-13-4-3-5-14(13)11-16/h6-11,18,20H,3-5H2,1-2H3. The maximum absolute atomic E-state index is 6.13. The predicted octanol–water partition coefficient (Wildman–Crippen LogP) is 4.45. The Morgan fingerprint density at radius 1 is 1.00 bits per heavy atom. The van der Waals surface area contributed by atoms with Crippen LogP contribution in [0.3, 0.4) is 0 Å². The van der Waals surface area contributed by atoms with Crippen molar-refractivity contribution in [3.63, 3.8) is 0 Å². The lowest BCUT2D eigenvalue weighted by Gasteiger charge is -2.19. The van der Waals surface area contributed by atoms with Gasteiger partial charge in [-0.1, -0.05) is 41.9 Å². The van der Waals surface area contributed by atoms with E-state index >= 15 is 0 Å². The third kappa shape index (κ3) is 2.48. The summed E-state index contributed by atoms with van der Waals surface area (Å²) in [5.41, 5.74) is 6.79. The van der Waals surface area contributed by atoms with Gasteiger partial charge in [-0.25, -0.2) is 0 Å². The van der Waals surface area contributed by atoms with Crippen LogP contribution in [-0.4, -0.2) is 7.05 Å². The second-order valence-corrected chi connectivity index (χ2v) is 6.02. The van der Waals surface area contributed by atoms with Crippen molar-refractivity contribution in [1.82, 2.24) is 5.32 Å². The molecule has 2 heteroatoms. The van der Waals surface area contributed by atoms with Crippen molar-refractivity contribution in [2.24, 2.45) is 0 Å². The van der Waals surface area contributed by atoms with Gasteiger partial charge in [-0.15, -0.1) is 0 Å². The van der Waals surface area contributed by atoms with Gasteiger partial charge in [0, 0.05) is 5.02 Å². The SMILES string of the molecule is CNC(c1ccc(Cl)c(C)c1)c1ccc2c(c1)CCC2. The Kier molecular flexibility index (Phi) is 3.82. The molecule has 1 nitrogen and oxygen atoms in total. The smallest absolute Gasteiger partial charge is 0.0574 e. The Balaban J connectivity index is 1.98. The minimum atomic E-state index is 0.233. The molecule has 104 valence electrons. The first kappa shape index (κ1) is 13.7. The Labute approximate surface area is 126 Å². The van der Waals surface area contributed by atoms with Crippen molar-refractivity contribution >= 4 is 11.6 Å². The summed E-state index contributed by atoms with van der Waals surface area (Å²) >= 11 is 6.13. The summed E-state index contributed by atoms with van der Waals surface area (Å²) in [4.78, 5) is 0. The number of halogens is 1. The van der Waals surface area contributed by atoms with E-state index in [1.165, 1.54) is 41.5 Å². The molecule has 20 heavy (non-hydrogen) atoms. The van der Waals surface area contributed by atoms with Gasteiger partial charge in [0.1, 0.15) is 0 Å². The highest BCUT2D eigenvalue weighted by Crippen LogP contribution is 2.29. The molecule has 0 fully saturated rings. The van der Waals surface area contributed by atoms with Crippen LogP contribution < -0.4 is 5.32 Å². The molecule has 0 aromatic heterocycles.